The molecule has 76 valence electrons. The first kappa shape index (κ1) is 9.53. The number of hydrogen-bond donors (Lipinski definition) is 2. The minimum atomic E-state index is -0.357. The van der Waals surface area contributed by atoms with E-state index in [1.807, 2.05) is 19.1 Å². The van der Waals surface area contributed by atoms with Crippen LogP contribution in [0, 0.1) is 0 Å². The molecule has 0 fully saturated rings. The molecule has 1 aromatic carbocycles. The minimum absolute atomic E-state index is 0.357. The Hall–Kier alpha value is -1.02. The fourth-order valence-corrected chi connectivity index (χ4v) is 2.09. The van der Waals surface area contributed by atoms with Gasteiger partial charge in [0.15, 0.2) is 0 Å². The Morgan fingerprint density at radius 1 is 1.36 bits per heavy atom. The molecule has 0 amide bonds. The standard InChI is InChI=1S/C12H17NO/c1-9(14)10-6-4-7-12-11(10)5-2-3-8-13-12/h4,6-7,9,13-14H,2-3,5,8H2,1H3. The van der Waals surface area contributed by atoms with Crippen LogP contribution in [0.5, 0.6) is 0 Å². The number of aliphatic hydroxyl groups excluding tert-OH is 1. The van der Waals surface area contributed by atoms with E-state index in [0.29, 0.717) is 0 Å². The summed E-state index contributed by atoms with van der Waals surface area (Å²) in [5, 5.41) is 13.1. The number of benzene rings is 1. The maximum absolute atomic E-state index is 9.64. The summed E-state index contributed by atoms with van der Waals surface area (Å²) in [6.45, 7) is 2.89. The molecule has 1 unspecified atom stereocenters. The number of rotatable bonds is 1. The molecule has 1 aliphatic heterocycles. The van der Waals surface area contributed by atoms with E-state index in [1.54, 1.807) is 0 Å². The van der Waals surface area contributed by atoms with E-state index in [-0.39, 0.29) is 6.10 Å². The molecule has 0 aliphatic carbocycles. The van der Waals surface area contributed by atoms with Gasteiger partial charge in [0.05, 0.1) is 6.10 Å². The van der Waals surface area contributed by atoms with Crippen LogP contribution in [0.25, 0.3) is 0 Å². The second kappa shape index (κ2) is 4.01. The molecule has 0 spiro atoms. The zero-order valence-corrected chi connectivity index (χ0v) is 8.59. The Balaban J connectivity index is 2.42. The van der Waals surface area contributed by atoms with Gasteiger partial charge in [0.25, 0.3) is 0 Å². The smallest absolute Gasteiger partial charge is 0.0765 e. The minimum Gasteiger partial charge on any atom is -0.389 e. The number of hydrogen-bond acceptors (Lipinski definition) is 2. The highest BCUT2D eigenvalue weighted by Gasteiger charge is 2.13. The van der Waals surface area contributed by atoms with Crippen LogP contribution in [0.1, 0.15) is 37.0 Å². The third kappa shape index (κ3) is 1.75. The molecule has 2 heteroatoms. The molecule has 0 bridgehead atoms. The molecule has 1 atom stereocenters. The molecule has 0 aromatic heterocycles. The molecule has 14 heavy (non-hydrogen) atoms. The normalized spacial score (nSPS) is 17.9. The molecular weight excluding hydrogens is 174 g/mol. The lowest BCUT2D eigenvalue weighted by molar-refractivity contribution is 0.198. The van der Waals surface area contributed by atoms with Crippen LogP contribution >= 0.6 is 0 Å². The molecule has 1 heterocycles. The van der Waals surface area contributed by atoms with Crippen molar-refractivity contribution in [3.05, 3.63) is 29.3 Å². The first-order valence-electron chi connectivity index (χ1n) is 5.33. The van der Waals surface area contributed by atoms with Crippen molar-refractivity contribution in [2.45, 2.75) is 32.3 Å². The Morgan fingerprint density at radius 3 is 3.00 bits per heavy atom. The van der Waals surface area contributed by atoms with Crippen molar-refractivity contribution in [3.63, 3.8) is 0 Å². The quantitative estimate of drug-likeness (QED) is 0.714. The van der Waals surface area contributed by atoms with E-state index >= 15 is 0 Å². The molecule has 2 nitrogen and oxygen atoms in total. The van der Waals surface area contributed by atoms with Crippen LogP contribution < -0.4 is 5.32 Å². The molecule has 2 rings (SSSR count). The maximum atomic E-state index is 9.64. The molecule has 2 N–H and O–H groups in total. The summed E-state index contributed by atoms with van der Waals surface area (Å²) in [5.41, 5.74) is 3.60. The fraction of sp³-hybridized carbons (Fsp3) is 0.500. The highest BCUT2D eigenvalue weighted by Crippen LogP contribution is 2.28. The third-order valence-corrected chi connectivity index (χ3v) is 2.83. The van der Waals surface area contributed by atoms with Crippen LogP contribution in [0.15, 0.2) is 18.2 Å². The monoisotopic (exact) mass is 191 g/mol. The van der Waals surface area contributed by atoms with Gasteiger partial charge >= 0.3 is 0 Å². The van der Waals surface area contributed by atoms with E-state index in [1.165, 1.54) is 24.1 Å². The SMILES string of the molecule is CC(O)c1cccc2c1CCCCN2. The molecular formula is C12H17NO. The van der Waals surface area contributed by atoms with Crippen molar-refractivity contribution >= 4 is 5.69 Å². The summed E-state index contributed by atoms with van der Waals surface area (Å²) in [7, 11) is 0. The van der Waals surface area contributed by atoms with Crippen molar-refractivity contribution in [3.8, 4) is 0 Å². The maximum Gasteiger partial charge on any atom is 0.0765 e. The van der Waals surface area contributed by atoms with Gasteiger partial charge in [-0.05, 0) is 43.4 Å². The van der Waals surface area contributed by atoms with Gasteiger partial charge in [0, 0.05) is 12.2 Å². The van der Waals surface area contributed by atoms with Gasteiger partial charge in [-0.3, -0.25) is 0 Å². The predicted octanol–water partition coefficient (Wildman–Crippen LogP) is 2.49. The summed E-state index contributed by atoms with van der Waals surface area (Å²) in [5.74, 6) is 0. The van der Waals surface area contributed by atoms with Crippen molar-refractivity contribution in [1.29, 1.82) is 0 Å². The highest BCUT2D eigenvalue weighted by molar-refractivity contribution is 5.56. The second-order valence-corrected chi connectivity index (χ2v) is 3.93. The van der Waals surface area contributed by atoms with E-state index in [4.69, 9.17) is 0 Å². The first-order chi connectivity index (χ1) is 6.79. The zero-order chi connectivity index (χ0) is 9.97. The van der Waals surface area contributed by atoms with Crippen LogP contribution in [0.2, 0.25) is 0 Å². The lowest BCUT2D eigenvalue weighted by Crippen LogP contribution is -2.03. The summed E-state index contributed by atoms with van der Waals surface area (Å²) >= 11 is 0. The number of nitrogens with one attached hydrogen (secondary N) is 1. The van der Waals surface area contributed by atoms with E-state index < -0.39 is 0 Å². The van der Waals surface area contributed by atoms with Crippen molar-refractivity contribution in [1.82, 2.24) is 0 Å². The van der Waals surface area contributed by atoms with Crippen molar-refractivity contribution < 1.29 is 5.11 Å². The highest BCUT2D eigenvalue weighted by atomic mass is 16.3. The summed E-state index contributed by atoms with van der Waals surface area (Å²) < 4.78 is 0. The lowest BCUT2D eigenvalue weighted by Gasteiger charge is -2.14. The lowest BCUT2D eigenvalue weighted by atomic mass is 9.98. The molecule has 0 saturated carbocycles. The van der Waals surface area contributed by atoms with Gasteiger partial charge < -0.3 is 10.4 Å². The van der Waals surface area contributed by atoms with Gasteiger partial charge in [-0.2, -0.15) is 0 Å². The molecule has 1 aromatic rings. The Kier molecular flexibility index (Phi) is 2.73. The number of aliphatic hydroxyl groups is 1. The van der Waals surface area contributed by atoms with Gasteiger partial charge in [-0.15, -0.1) is 0 Å². The topological polar surface area (TPSA) is 32.3 Å². The van der Waals surface area contributed by atoms with E-state index in [0.717, 1.165) is 18.5 Å². The van der Waals surface area contributed by atoms with Crippen LogP contribution in [0.4, 0.5) is 5.69 Å². The molecule has 1 aliphatic rings. The predicted molar refractivity (Wildman–Crippen MR) is 58.5 cm³/mol. The number of fused-ring (bicyclic) bond motifs is 1. The summed E-state index contributed by atoms with van der Waals surface area (Å²) in [4.78, 5) is 0. The largest absolute Gasteiger partial charge is 0.389 e. The first-order valence-corrected chi connectivity index (χ1v) is 5.33. The average Bonchev–Trinajstić information content (AvgIpc) is 2.41. The fourth-order valence-electron chi connectivity index (χ4n) is 2.09. The average molecular weight is 191 g/mol. The van der Waals surface area contributed by atoms with Crippen LogP contribution in [-0.4, -0.2) is 11.7 Å². The van der Waals surface area contributed by atoms with Crippen molar-refractivity contribution in [2.24, 2.45) is 0 Å². The Bertz CT molecular complexity index is 320. The van der Waals surface area contributed by atoms with Crippen LogP contribution in [-0.2, 0) is 6.42 Å². The summed E-state index contributed by atoms with van der Waals surface area (Å²) in [6.07, 6.45) is 3.16. The zero-order valence-electron chi connectivity index (χ0n) is 8.59. The van der Waals surface area contributed by atoms with Gasteiger partial charge in [-0.1, -0.05) is 12.1 Å². The Morgan fingerprint density at radius 2 is 2.21 bits per heavy atom. The van der Waals surface area contributed by atoms with E-state index in [9.17, 15) is 5.11 Å². The van der Waals surface area contributed by atoms with Gasteiger partial charge in [0.2, 0.25) is 0 Å². The summed E-state index contributed by atoms with van der Waals surface area (Å²) in [6, 6.07) is 6.14. The molecule has 0 saturated heterocycles. The van der Waals surface area contributed by atoms with Crippen LogP contribution in [0.3, 0.4) is 0 Å². The molecule has 0 radical (unpaired) electrons. The number of anilines is 1. The van der Waals surface area contributed by atoms with Gasteiger partial charge in [-0.25, -0.2) is 0 Å². The van der Waals surface area contributed by atoms with Gasteiger partial charge in [0.1, 0.15) is 0 Å². The second-order valence-electron chi connectivity index (χ2n) is 3.93. The Labute approximate surface area is 85.0 Å². The van der Waals surface area contributed by atoms with Crippen molar-refractivity contribution in [2.75, 3.05) is 11.9 Å². The third-order valence-electron chi connectivity index (χ3n) is 2.83. The van der Waals surface area contributed by atoms with E-state index in [2.05, 4.69) is 11.4 Å².